The Hall–Kier alpha value is -1.45. The molecule has 0 aliphatic carbocycles. The lowest BCUT2D eigenvalue weighted by Crippen LogP contribution is -2.62. The Morgan fingerprint density at radius 3 is 2.13 bits per heavy atom. The highest BCUT2D eigenvalue weighted by Gasteiger charge is 2.64. The number of fused-ring (bicyclic) bond motifs is 2. The van der Waals surface area contributed by atoms with E-state index in [1.165, 1.54) is 0 Å². The summed E-state index contributed by atoms with van der Waals surface area (Å²) < 4.78 is 24.6. The van der Waals surface area contributed by atoms with Gasteiger partial charge < -0.3 is 19.0 Å². The molecular weight excluding hydrogens is 500 g/mol. The van der Waals surface area contributed by atoms with E-state index < -0.39 is 33.4 Å². The van der Waals surface area contributed by atoms with Crippen molar-refractivity contribution in [3.8, 4) is 0 Å². The Bertz CT molecular complexity index is 1160. The van der Waals surface area contributed by atoms with E-state index >= 15 is 0 Å². The first-order valence-electron chi connectivity index (χ1n) is 14.7. The molecule has 2 aromatic heterocycles. The minimum atomic E-state index is -1.10. The van der Waals surface area contributed by atoms with Crippen LogP contribution in [-0.2, 0) is 10.8 Å². The molecule has 5 fully saturated rings. The number of hydrogen-bond donors (Lipinski definition) is 2. The van der Waals surface area contributed by atoms with Crippen molar-refractivity contribution in [1.29, 1.82) is 0 Å². The van der Waals surface area contributed by atoms with Crippen molar-refractivity contribution in [2.24, 2.45) is 17.3 Å². The van der Waals surface area contributed by atoms with E-state index in [9.17, 15) is 14.4 Å². The van der Waals surface area contributed by atoms with Gasteiger partial charge in [0.05, 0.1) is 29.8 Å². The molecule has 11 atom stereocenters. The zero-order valence-corrected chi connectivity index (χ0v) is 23.4. The lowest BCUT2D eigenvalue weighted by molar-refractivity contribution is -0.185. The smallest absolute Gasteiger partial charge is 0.114 e. The van der Waals surface area contributed by atoms with Crippen LogP contribution in [0.25, 0.3) is 0 Å². The fourth-order valence-electron chi connectivity index (χ4n) is 9.33. The molecular formula is C30H42N2O5S. The van der Waals surface area contributed by atoms with E-state index in [-0.39, 0.29) is 18.1 Å². The van der Waals surface area contributed by atoms with Crippen LogP contribution in [0.2, 0.25) is 0 Å². The van der Waals surface area contributed by atoms with E-state index in [1.54, 1.807) is 12.5 Å². The number of aliphatic hydroxyl groups excluding tert-OH is 2. The maximum Gasteiger partial charge on any atom is 0.114 e. The first-order valence-corrected chi connectivity index (χ1v) is 16.0. The molecule has 8 heteroatoms. The molecule has 2 spiro atoms. The summed E-state index contributed by atoms with van der Waals surface area (Å²) in [6.07, 6.45) is 14.0. The van der Waals surface area contributed by atoms with Crippen molar-refractivity contribution in [3.63, 3.8) is 0 Å². The van der Waals surface area contributed by atoms with Crippen molar-refractivity contribution in [1.82, 2.24) is 9.80 Å². The maximum atomic E-state index is 14.2. The standard InChI is InChI=1S/C30H42N2O5S/c1-19-3-6-25(22-9-12-37-16-22)32-23(19)7-10-29(28(32)34)17-30(38(35)18-29)13-26-20(2)4-5-24(21-8-11-36-15-21)31(26)27(33)14-30/h8-9,11-12,15-16,19-20,23-28,33-34H,3-7,10,13-14,17-18H2,1-2H3/t19-,20+,23-,24-,25+,26-,27-,28+,29+,30+,38-/m0/s1. The van der Waals surface area contributed by atoms with Crippen molar-refractivity contribution < 1.29 is 23.3 Å². The van der Waals surface area contributed by atoms with Crippen molar-refractivity contribution in [2.75, 3.05) is 5.75 Å². The van der Waals surface area contributed by atoms with Crippen LogP contribution in [0.1, 0.15) is 94.8 Å². The minimum Gasteiger partial charge on any atom is -0.472 e. The summed E-state index contributed by atoms with van der Waals surface area (Å²) in [5.41, 5.74) is 1.86. The predicted octanol–water partition coefficient (Wildman–Crippen LogP) is 4.96. The van der Waals surface area contributed by atoms with Crippen LogP contribution in [0.4, 0.5) is 0 Å². The summed E-state index contributed by atoms with van der Waals surface area (Å²) >= 11 is 0. The van der Waals surface area contributed by atoms with Gasteiger partial charge in [-0.05, 0) is 75.3 Å². The Balaban J connectivity index is 1.19. The largest absolute Gasteiger partial charge is 0.472 e. The number of aliphatic hydroxyl groups is 2. The van der Waals surface area contributed by atoms with Crippen molar-refractivity contribution in [2.45, 2.75) is 113 Å². The highest BCUT2D eigenvalue weighted by molar-refractivity contribution is 7.86. The third-order valence-corrected chi connectivity index (χ3v) is 13.6. The number of nitrogens with zero attached hydrogens (tertiary/aromatic N) is 2. The highest BCUT2D eigenvalue weighted by atomic mass is 32.2. The van der Waals surface area contributed by atoms with Crippen LogP contribution in [0.15, 0.2) is 46.0 Å². The molecule has 0 saturated carbocycles. The molecule has 7 rings (SSSR count). The molecule has 0 amide bonds. The first-order chi connectivity index (χ1) is 18.3. The van der Waals surface area contributed by atoms with Gasteiger partial charge >= 0.3 is 0 Å². The molecule has 208 valence electrons. The second-order valence-electron chi connectivity index (χ2n) is 13.3. The molecule has 7 heterocycles. The molecule has 0 bridgehead atoms. The first kappa shape index (κ1) is 25.5. The van der Waals surface area contributed by atoms with Crippen LogP contribution >= 0.6 is 0 Å². The van der Waals surface area contributed by atoms with E-state index in [1.807, 2.05) is 24.7 Å². The van der Waals surface area contributed by atoms with Gasteiger partial charge in [0.25, 0.3) is 0 Å². The quantitative estimate of drug-likeness (QED) is 0.555. The van der Waals surface area contributed by atoms with Gasteiger partial charge in [-0.2, -0.15) is 0 Å². The zero-order valence-electron chi connectivity index (χ0n) is 22.6. The van der Waals surface area contributed by atoms with E-state index in [2.05, 4.69) is 23.6 Å². The summed E-state index contributed by atoms with van der Waals surface area (Å²) in [6.45, 7) is 4.60. The molecule has 5 aliphatic heterocycles. The lowest BCUT2D eigenvalue weighted by Gasteiger charge is -2.57. The van der Waals surface area contributed by atoms with Gasteiger partial charge in [-0.1, -0.05) is 13.8 Å². The average Bonchev–Trinajstić information content (AvgIpc) is 3.66. The van der Waals surface area contributed by atoms with Crippen molar-refractivity contribution in [3.05, 3.63) is 48.3 Å². The molecule has 0 unspecified atom stereocenters. The molecule has 2 aromatic rings. The van der Waals surface area contributed by atoms with Gasteiger partial charge in [0.15, 0.2) is 0 Å². The number of rotatable bonds is 2. The summed E-state index contributed by atoms with van der Waals surface area (Å²) in [7, 11) is -1.10. The Labute approximate surface area is 228 Å². The van der Waals surface area contributed by atoms with Gasteiger partial charge in [-0.15, -0.1) is 0 Å². The highest BCUT2D eigenvalue weighted by Crippen LogP contribution is 2.60. The number of hydrogen-bond acceptors (Lipinski definition) is 7. The third kappa shape index (κ3) is 3.77. The lowest BCUT2D eigenvalue weighted by atomic mass is 9.65. The van der Waals surface area contributed by atoms with Gasteiger partial charge in [0.2, 0.25) is 0 Å². The molecule has 7 nitrogen and oxygen atoms in total. The van der Waals surface area contributed by atoms with Crippen molar-refractivity contribution >= 4 is 10.8 Å². The van der Waals surface area contributed by atoms with Gasteiger partial charge in [-0.3, -0.25) is 14.0 Å². The molecule has 5 aliphatic rings. The Morgan fingerprint density at radius 2 is 1.50 bits per heavy atom. The third-order valence-electron chi connectivity index (χ3n) is 11.3. The van der Waals surface area contributed by atoms with E-state index in [4.69, 9.17) is 8.83 Å². The predicted molar refractivity (Wildman–Crippen MR) is 144 cm³/mol. The molecule has 38 heavy (non-hydrogen) atoms. The second kappa shape index (κ2) is 9.30. The van der Waals surface area contributed by atoms with E-state index in [0.29, 0.717) is 30.1 Å². The Morgan fingerprint density at radius 1 is 0.868 bits per heavy atom. The topological polar surface area (TPSA) is 90.3 Å². The van der Waals surface area contributed by atoms with Crippen LogP contribution < -0.4 is 0 Å². The fourth-order valence-corrected chi connectivity index (χ4v) is 11.7. The number of piperidine rings is 4. The molecule has 2 N–H and O–H groups in total. The average molecular weight is 543 g/mol. The van der Waals surface area contributed by atoms with E-state index in [0.717, 1.165) is 62.5 Å². The summed E-state index contributed by atoms with van der Waals surface area (Å²) in [5, 5.41) is 23.8. The van der Waals surface area contributed by atoms with Gasteiger partial charge in [-0.25, -0.2) is 0 Å². The summed E-state index contributed by atoms with van der Waals surface area (Å²) in [6, 6.07) is 4.82. The molecule has 0 aromatic carbocycles. The summed E-state index contributed by atoms with van der Waals surface area (Å²) in [4.78, 5) is 4.66. The van der Waals surface area contributed by atoms with Crippen LogP contribution in [0, 0.1) is 17.3 Å². The van der Waals surface area contributed by atoms with Gasteiger partial charge in [0, 0.05) is 63.7 Å². The van der Waals surface area contributed by atoms with Crippen LogP contribution in [0.3, 0.4) is 0 Å². The Kier molecular flexibility index (Phi) is 6.24. The minimum absolute atomic E-state index is 0.133. The normalized spacial score (nSPS) is 47.8. The monoisotopic (exact) mass is 542 g/mol. The molecule has 5 saturated heterocycles. The molecule has 0 radical (unpaired) electrons. The zero-order chi connectivity index (χ0) is 26.2. The van der Waals surface area contributed by atoms with Crippen LogP contribution in [-0.4, -0.2) is 59.3 Å². The SMILES string of the molecule is C[C@@H]1CC[C@@H](c2ccoc2)N2[C@@H](O)C[C@]3(C[C@@H]12)C[C@]1(CC[C@H]2[C@@H](C)CC[C@H](c4ccoc4)N2[C@@H]1O)C[S@@]3=O. The maximum absolute atomic E-state index is 14.2. The van der Waals surface area contributed by atoms with Gasteiger partial charge in [0.1, 0.15) is 12.5 Å². The summed E-state index contributed by atoms with van der Waals surface area (Å²) in [5.74, 6) is 1.48. The second-order valence-corrected chi connectivity index (χ2v) is 15.1. The number of furan rings is 2. The van der Waals surface area contributed by atoms with Crippen LogP contribution in [0.5, 0.6) is 0 Å². The fraction of sp³-hybridized carbons (Fsp3) is 0.733.